The van der Waals surface area contributed by atoms with Crippen molar-refractivity contribution in [1.82, 2.24) is 0 Å². The van der Waals surface area contributed by atoms with Gasteiger partial charge in [0.15, 0.2) is 0 Å². The van der Waals surface area contributed by atoms with Crippen LogP contribution >= 0.6 is 0 Å². The molecule has 2 rings (SSSR count). The van der Waals surface area contributed by atoms with Gasteiger partial charge in [0, 0.05) is 12.1 Å². The fourth-order valence-corrected chi connectivity index (χ4v) is 1.96. The Balaban J connectivity index is 2.16. The van der Waals surface area contributed by atoms with Crippen LogP contribution in [0.25, 0.3) is 0 Å². The van der Waals surface area contributed by atoms with E-state index < -0.39 is 10.8 Å². The van der Waals surface area contributed by atoms with E-state index in [1.54, 1.807) is 0 Å². The van der Waals surface area contributed by atoms with E-state index in [1.165, 1.54) is 25.3 Å². The largest absolute Gasteiger partial charge is 0.494 e. The second-order valence-electron chi connectivity index (χ2n) is 4.44. The van der Waals surface area contributed by atoms with Crippen LogP contribution in [0.3, 0.4) is 0 Å². The van der Waals surface area contributed by atoms with E-state index in [9.17, 15) is 14.9 Å². The molecule has 3 N–H and O–H groups in total. The molecule has 0 bridgehead atoms. The normalized spacial score (nSPS) is 21.5. The first kappa shape index (κ1) is 14.2. The maximum absolute atomic E-state index is 12.1. The number of rotatable bonds is 4. The summed E-state index contributed by atoms with van der Waals surface area (Å²) in [6, 6.07) is 3.62. The van der Waals surface area contributed by atoms with Crippen LogP contribution in [0.2, 0.25) is 0 Å². The minimum atomic E-state index is -0.533. The van der Waals surface area contributed by atoms with Gasteiger partial charge in [0.1, 0.15) is 5.75 Å². The standard InChI is InChI=1S/C12H15N3O5/c1-19-11-4-7(15(17)18)2-3-10(11)14-12(16)8-5-20-6-9(8)13/h2-4,8-9H,5-6,13H2,1H3,(H,14,16). The molecule has 20 heavy (non-hydrogen) atoms. The average molecular weight is 281 g/mol. The molecule has 1 aliphatic heterocycles. The number of nitro benzene ring substituents is 1. The average Bonchev–Trinajstić information content (AvgIpc) is 2.85. The molecule has 1 heterocycles. The van der Waals surface area contributed by atoms with Crippen molar-refractivity contribution < 1.29 is 19.2 Å². The van der Waals surface area contributed by atoms with E-state index >= 15 is 0 Å². The van der Waals surface area contributed by atoms with Gasteiger partial charge in [0.25, 0.3) is 5.69 Å². The number of hydrogen-bond acceptors (Lipinski definition) is 6. The highest BCUT2D eigenvalue weighted by Crippen LogP contribution is 2.29. The molecule has 108 valence electrons. The highest BCUT2D eigenvalue weighted by molar-refractivity contribution is 5.94. The number of nitro groups is 1. The lowest BCUT2D eigenvalue weighted by molar-refractivity contribution is -0.384. The number of nitrogens with two attached hydrogens (primary N) is 1. The van der Waals surface area contributed by atoms with Crippen LogP contribution in [0.5, 0.6) is 5.75 Å². The monoisotopic (exact) mass is 281 g/mol. The lowest BCUT2D eigenvalue weighted by Gasteiger charge is -2.15. The molecule has 2 atom stereocenters. The van der Waals surface area contributed by atoms with E-state index in [1.807, 2.05) is 0 Å². The van der Waals surface area contributed by atoms with Crippen molar-refractivity contribution in [3.05, 3.63) is 28.3 Å². The Bertz CT molecular complexity index is 534. The summed E-state index contributed by atoms with van der Waals surface area (Å²) in [7, 11) is 1.37. The molecule has 2 unspecified atom stereocenters. The number of amides is 1. The van der Waals surface area contributed by atoms with Gasteiger partial charge in [-0.15, -0.1) is 0 Å². The molecule has 1 aromatic rings. The summed E-state index contributed by atoms with van der Waals surface area (Å²) in [5.41, 5.74) is 6.01. The maximum Gasteiger partial charge on any atom is 0.273 e. The molecule has 1 fully saturated rings. The Morgan fingerprint density at radius 2 is 2.30 bits per heavy atom. The Morgan fingerprint density at radius 3 is 2.85 bits per heavy atom. The Morgan fingerprint density at radius 1 is 1.55 bits per heavy atom. The first-order chi connectivity index (χ1) is 9.52. The molecule has 0 saturated carbocycles. The third-order valence-electron chi connectivity index (χ3n) is 3.12. The molecule has 1 amide bonds. The van der Waals surface area contributed by atoms with Gasteiger partial charge < -0.3 is 20.5 Å². The number of hydrogen-bond donors (Lipinski definition) is 2. The summed E-state index contributed by atoms with van der Waals surface area (Å²) in [6.07, 6.45) is 0. The van der Waals surface area contributed by atoms with Gasteiger partial charge in [-0.3, -0.25) is 14.9 Å². The van der Waals surface area contributed by atoms with Crippen LogP contribution in [0.4, 0.5) is 11.4 Å². The van der Waals surface area contributed by atoms with Crippen LogP contribution in [0.15, 0.2) is 18.2 Å². The predicted octanol–water partition coefficient (Wildman–Crippen LogP) is 0.516. The highest BCUT2D eigenvalue weighted by atomic mass is 16.6. The minimum Gasteiger partial charge on any atom is -0.494 e. The zero-order chi connectivity index (χ0) is 14.7. The van der Waals surface area contributed by atoms with Crippen molar-refractivity contribution in [2.75, 3.05) is 25.6 Å². The van der Waals surface area contributed by atoms with Crippen LogP contribution < -0.4 is 15.8 Å². The van der Waals surface area contributed by atoms with Crippen molar-refractivity contribution >= 4 is 17.3 Å². The topological polar surface area (TPSA) is 117 Å². The van der Waals surface area contributed by atoms with E-state index in [2.05, 4.69) is 5.32 Å². The zero-order valence-corrected chi connectivity index (χ0v) is 10.9. The molecule has 0 aliphatic carbocycles. The Labute approximate surface area is 115 Å². The molecule has 0 radical (unpaired) electrons. The van der Waals surface area contributed by atoms with Crippen molar-refractivity contribution in [2.24, 2.45) is 11.7 Å². The van der Waals surface area contributed by atoms with Gasteiger partial charge >= 0.3 is 0 Å². The van der Waals surface area contributed by atoms with Gasteiger partial charge in [-0.05, 0) is 6.07 Å². The predicted molar refractivity (Wildman–Crippen MR) is 70.6 cm³/mol. The number of nitrogens with zero attached hydrogens (tertiary/aromatic N) is 1. The highest BCUT2D eigenvalue weighted by Gasteiger charge is 2.31. The Hall–Kier alpha value is -2.19. The summed E-state index contributed by atoms with van der Waals surface area (Å²) in [6.45, 7) is 0.609. The Kier molecular flexibility index (Phi) is 4.16. The van der Waals surface area contributed by atoms with Gasteiger partial charge in [-0.1, -0.05) is 0 Å². The van der Waals surface area contributed by atoms with Crippen LogP contribution in [0.1, 0.15) is 0 Å². The van der Waals surface area contributed by atoms with Crippen molar-refractivity contribution in [3.63, 3.8) is 0 Å². The summed E-state index contributed by atoms with van der Waals surface area (Å²) in [5.74, 6) is -0.503. The molecular formula is C12H15N3O5. The molecule has 1 aliphatic rings. The lowest BCUT2D eigenvalue weighted by atomic mass is 10.0. The van der Waals surface area contributed by atoms with Crippen molar-refractivity contribution in [1.29, 1.82) is 0 Å². The summed E-state index contributed by atoms with van der Waals surface area (Å²) in [5, 5.41) is 13.3. The SMILES string of the molecule is COc1cc([N+](=O)[O-])ccc1NC(=O)C1COCC1N. The number of non-ortho nitro benzene ring substituents is 1. The van der Waals surface area contributed by atoms with E-state index in [0.717, 1.165) is 0 Å². The van der Waals surface area contributed by atoms with Gasteiger partial charge in [0.05, 0.1) is 42.9 Å². The molecule has 0 aromatic heterocycles. The number of ether oxygens (including phenoxy) is 2. The fourth-order valence-electron chi connectivity index (χ4n) is 1.96. The summed E-state index contributed by atoms with van der Waals surface area (Å²) >= 11 is 0. The minimum absolute atomic E-state index is 0.110. The summed E-state index contributed by atoms with van der Waals surface area (Å²) in [4.78, 5) is 22.2. The molecule has 1 aromatic carbocycles. The van der Waals surface area contributed by atoms with Crippen molar-refractivity contribution in [3.8, 4) is 5.75 Å². The molecular weight excluding hydrogens is 266 g/mol. The molecule has 8 heteroatoms. The van der Waals surface area contributed by atoms with E-state index in [4.69, 9.17) is 15.2 Å². The second kappa shape index (κ2) is 5.85. The lowest BCUT2D eigenvalue weighted by Crippen LogP contribution is -2.37. The van der Waals surface area contributed by atoms with Crippen LogP contribution in [-0.2, 0) is 9.53 Å². The van der Waals surface area contributed by atoms with E-state index in [0.29, 0.717) is 12.3 Å². The van der Waals surface area contributed by atoms with Gasteiger partial charge in [-0.25, -0.2) is 0 Å². The third-order valence-corrected chi connectivity index (χ3v) is 3.12. The fraction of sp³-hybridized carbons (Fsp3) is 0.417. The van der Waals surface area contributed by atoms with Crippen LogP contribution in [0, 0.1) is 16.0 Å². The molecule has 1 saturated heterocycles. The van der Waals surface area contributed by atoms with Gasteiger partial charge in [-0.2, -0.15) is 0 Å². The maximum atomic E-state index is 12.1. The van der Waals surface area contributed by atoms with Crippen LogP contribution in [-0.4, -0.2) is 37.2 Å². The second-order valence-corrected chi connectivity index (χ2v) is 4.44. The van der Waals surface area contributed by atoms with Gasteiger partial charge in [0.2, 0.25) is 5.91 Å². The van der Waals surface area contributed by atoms with Crippen molar-refractivity contribution in [2.45, 2.75) is 6.04 Å². The quantitative estimate of drug-likeness (QED) is 0.613. The first-order valence-electron chi connectivity index (χ1n) is 5.99. The molecule has 0 spiro atoms. The number of carbonyl (C=O) groups excluding carboxylic acids is 1. The number of carbonyl (C=O) groups is 1. The smallest absolute Gasteiger partial charge is 0.273 e. The first-order valence-corrected chi connectivity index (χ1v) is 5.99. The molecule has 8 nitrogen and oxygen atoms in total. The number of methoxy groups -OCH3 is 1. The van der Waals surface area contributed by atoms with E-state index in [-0.39, 0.29) is 30.0 Å². The number of benzene rings is 1. The zero-order valence-electron chi connectivity index (χ0n) is 10.9. The third kappa shape index (κ3) is 2.86. The summed E-state index contributed by atoms with van der Waals surface area (Å²) < 4.78 is 10.2. The number of anilines is 1. The number of nitrogens with one attached hydrogen (secondary N) is 1.